The van der Waals surface area contributed by atoms with Crippen LogP contribution in [-0.2, 0) is 0 Å². The Morgan fingerprint density at radius 3 is 2.35 bits per heavy atom. The summed E-state index contributed by atoms with van der Waals surface area (Å²) in [7, 11) is 1.54. The van der Waals surface area contributed by atoms with Gasteiger partial charge in [0.05, 0.1) is 18.1 Å². The van der Waals surface area contributed by atoms with Crippen molar-refractivity contribution in [2.24, 2.45) is 0 Å². The van der Waals surface area contributed by atoms with Gasteiger partial charge in [-0.3, -0.25) is 0 Å². The van der Waals surface area contributed by atoms with Gasteiger partial charge in [-0.25, -0.2) is 9.59 Å². The van der Waals surface area contributed by atoms with Crippen LogP contribution in [0.3, 0.4) is 0 Å². The maximum atomic E-state index is 12.3. The SMILES string of the molecule is COc1ccc2c(c1)c(=O)oc1cc(OC(=O)c3ccccc3)ccc12. The molecule has 128 valence electrons. The second-order valence-corrected chi connectivity index (χ2v) is 5.71. The van der Waals surface area contributed by atoms with Crippen LogP contribution in [0.1, 0.15) is 10.4 Å². The number of benzene rings is 3. The Balaban J connectivity index is 1.77. The fourth-order valence-corrected chi connectivity index (χ4v) is 2.82. The summed E-state index contributed by atoms with van der Waals surface area (Å²) in [6.07, 6.45) is 0. The zero-order chi connectivity index (χ0) is 18.1. The van der Waals surface area contributed by atoms with Gasteiger partial charge in [-0.2, -0.15) is 0 Å². The molecule has 0 bridgehead atoms. The predicted molar refractivity (Wildman–Crippen MR) is 97.9 cm³/mol. The molecule has 0 aliphatic rings. The quantitative estimate of drug-likeness (QED) is 0.241. The molecular weight excluding hydrogens is 332 g/mol. The van der Waals surface area contributed by atoms with Gasteiger partial charge in [0, 0.05) is 16.8 Å². The molecule has 0 radical (unpaired) electrons. The third-order valence-electron chi connectivity index (χ3n) is 4.11. The van der Waals surface area contributed by atoms with Gasteiger partial charge < -0.3 is 13.9 Å². The maximum absolute atomic E-state index is 12.3. The molecule has 4 rings (SSSR count). The van der Waals surface area contributed by atoms with Crippen molar-refractivity contribution in [1.29, 1.82) is 0 Å². The molecule has 0 fully saturated rings. The van der Waals surface area contributed by atoms with Crippen LogP contribution < -0.4 is 15.1 Å². The normalized spacial score (nSPS) is 10.8. The number of fused-ring (bicyclic) bond motifs is 3. The van der Waals surface area contributed by atoms with Gasteiger partial charge >= 0.3 is 11.6 Å². The first-order valence-electron chi connectivity index (χ1n) is 7.97. The number of rotatable bonds is 3. The van der Waals surface area contributed by atoms with Crippen LogP contribution >= 0.6 is 0 Å². The van der Waals surface area contributed by atoms with E-state index in [1.807, 2.05) is 12.1 Å². The highest BCUT2D eigenvalue weighted by Gasteiger charge is 2.12. The van der Waals surface area contributed by atoms with Crippen molar-refractivity contribution in [3.63, 3.8) is 0 Å². The number of methoxy groups -OCH3 is 1. The largest absolute Gasteiger partial charge is 0.497 e. The molecule has 0 unspecified atom stereocenters. The standard InChI is InChI=1S/C21H14O5/c1-24-14-7-9-16-17-10-8-15(12-19(17)26-21(23)18(16)11-14)25-20(22)13-5-3-2-4-6-13/h2-12H,1H3. The second-order valence-electron chi connectivity index (χ2n) is 5.71. The van der Waals surface area contributed by atoms with Crippen LogP contribution in [0.15, 0.2) is 75.9 Å². The number of hydrogen-bond acceptors (Lipinski definition) is 5. The Bertz CT molecular complexity index is 1180. The van der Waals surface area contributed by atoms with Gasteiger partial charge in [-0.1, -0.05) is 18.2 Å². The van der Waals surface area contributed by atoms with E-state index in [1.165, 1.54) is 7.11 Å². The van der Waals surface area contributed by atoms with E-state index in [4.69, 9.17) is 13.9 Å². The van der Waals surface area contributed by atoms with Crippen LogP contribution in [-0.4, -0.2) is 13.1 Å². The molecule has 0 N–H and O–H groups in total. The first kappa shape index (κ1) is 15.9. The fraction of sp³-hybridized carbons (Fsp3) is 0.0476. The van der Waals surface area contributed by atoms with Crippen molar-refractivity contribution in [2.45, 2.75) is 0 Å². The average molecular weight is 346 g/mol. The lowest BCUT2D eigenvalue weighted by Crippen LogP contribution is -2.08. The molecule has 0 atom stereocenters. The molecule has 0 spiro atoms. The monoisotopic (exact) mass is 346 g/mol. The minimum absolute atomic E-state index is 0.308. The first-order valence-corrected chi connectivity index (χ1v) is 7.97. The van der Waals surface area contributed by atoms with E-state index in [-0.39, 0.29) is 0 Å². The van der Waals surface area contributed by atoms with Gasteiger partial charge in [-0.15, -0.1) is 0 Å². The Hall–Kier alpha value is -3.60. The summed E-state index contributed by atoms with van der Waals surface area (Å²) in [5, 5.41) is 1.94. The highest BCUT2D eigenvalue weighted by molar-refractivity contribution is 6.05. The second kappa shape index (κ2) is 6.37. The van der Waals surface area contributed by atoms with E-state index < -0.39 is 11.6 Å². The van der Waals surface area contributed by atoms with Gasteiger partial charge in [0.25, 0.3) is 0 Å². The lowest BCUT2D eigenvalue weighted by Gasteiger charge is -2.07. The van der Waals surface area contributed by atoms with Crippen LogP contribution in [0.4, 0.5) is 0 Å². The molecule has 5 heteroatoms. The molecule has 26 heavy (non-hydrogen) atoms. The molecule has 0 amide bonds. The maximum Gasteiger partial charge on any atom is 0.344 e. The van der Waals surface area contributed by atoms with E-state index in [0.29, 0.717) is 28.0 Å². The van der Waals surface area contributed by atoms with Crippen molar-refractivity contribution in [2.75, 3.05) is 7.11 Å². The summed E-state index contributed by atoms with van der Waals surface area (Å²) in [6.45, 7) is 0. The molecule has 5 nitrogen and oxygen atoms in total. The Labute approximate surface area is 148 Å². The third kappa shape index (κ3) is 2.80. The van der Waals surface area contributed by atoms with E-state index in [9.17, 15) is 9.59 Å². The minimum Gasteiger partial charge on any atom is -0.497 e. The summed E-state index contributed by atoms with van der Waals surface area (Å²) in [5.41, 5.74) is 0.323. The molecule has 0 aliphatic heterocycles. The summed E-state index contributed by atoms with van der Waals surface area (Å²) in [4.78, 5) is 24.5. The van der Waals surface area contributed by atoms with Crippen molar-refractivity contribution in [1.82, 2.24) is 0 Å². The zero-order valence-electron chi connectivity index (χ0n) is 13.9. The van der Waals surface area contributed by atoms with Crippen LogP contribution in [0.5, 0.6) is 11.5 Å². The van der Waals surface area contributed by atoms with E-state index in [0.717, 1.165) is 10.8 Å². The summed E-state index contributed by atoms with van der Waals surface area (Å²) < 4.78 is 15.9. The number of ether oxygens (including phenoxy) is 2. The lowest BCUT2D eigenvalue weighted by molar-refractivity contribution is 0.0735. The molecular formula is C21H14O5. The molecule has 0 saturated carbocycles. The molecule has 1 aromatic heterocycles. The van der Waals surface area contributed by atoms with Crippen molar-refractivity contribution < 1.29 is 18.7 Å². The van der Waals surface area contributed by atoms with Crippen LogP contribution in [0, 0.1) is 0 Å². The zero-order valence-corrected chi connectivity index (χ0v) is 13.9. The molecule has 1 heterocycles. The number of hydrogen-bond donors (Lipinski definition) is 0. The molecule has 3 aromatic carbocycles. The first-order chi connectivity index (χ1) is 12.7. The van der Waals surface area contributed by atoms with Gasteiger partial charge in [0.15, 0.2) is 0 Å². The smallest absolute Gasteiger partial charge is 0.344 e. The Morgan fingerprint density at radius 2 is 1.58 bits per heavy atom. The molecule has 0 saturated heterocycles. The lowest BCUT2D eigenvalue weighted by atomic mass is 10.1. The Morgan fingerprint density at radius 1 is 0.846 bits per heavy atom. The van der Waals surface area contributed by atoms with Crippen molar-refractivity contribution >= 4 is 27.7 Å². The van der Waals surface area contributed by atoms with Gasteiger partial charge in [0.2, 0.25) is 0 Å². The van der Waals surface area contributed by atoms with E-state index in [2.05, 4.69) is 0 Å². The van der Waals surface area contributed by atoms with Gasteiger partial charge in [-0.05, 0) is 42.5 Å². The number of carbonyl (C=O) groups excluding carboxylic acids is 1. The molecule has 0 aliphatic carbocycles. The van der Waals surface area contributed by atoms with Crippen molar-refractivity contribution in [3.8, 4) is 11.5 Å². The highest BCUT2D eigenvalue weighted by atomic mass is 16.5. The van der Waals surface area contributed by atoms with Crippen LogP contribution in [0.2, 0.25) is 0 Å². The summed E-state index contributed by atoms with van der Waals surface area (Å²) in [5.74, 6) is 0.415. The number of carbonyl (C=O) groups is 1. The Kier molecular flexibility index (Phi) is 3.89. The highest BCUT2D eigenvalue weighted by Crippen LogP contribution is 2.28. The summed E-state index contributed by atoms with van der Waals surface area (Å²) in [6, 6.07) is 18.9. The van der Waals surface area contributed by atoms with E-state index in [1.54, 1.807) is 54.6 Å². The summed E-state index contributed by atoms with van der Waals surface area (Å²) >= 11 is 0. The third-order valence-corrected chi connectivity index (χ3v) is 4.11. The predicted octanol–water partition coefficient (Wildman–Crippen LogP) is 4.17. The fourth-order valence-electron chi connectivity index (χ4n) is 2.82. The average Bonchev–Trinajstić information content (AvgIpc) is 2.68. The van der Waals surface area contributed by atoms with Crippen LogP contribution in [0.25, 0.3) is 21.7 Å². The van der Waals surface area contributed by atoms with Crippen molar-refractivity contribution in [3.05, 3.63) is 82.7 Å². The van der Waals surface area contributed by atoms with Gasteiger partial charge in [0.1, 0.15) is 17.1 Å². The minimum atomic E-state index is -0.474. The topological polar surface area (TPSA) is 65.7 Å². The molecule has 4 aromatic rings. The van der Waals surface area contributed by atoms with E-state index >= 15 is 0 Å². The number of esters is 1.